The Morgan fingerprint density at radius 3 is 2.74 bits per heavy atom. The number of methoxy groups -OCH3 is 2. The molecule has 3 rings (SSSR count). The number of nitrogens with zero attached hydrogens (tertiary/aromatic N) is 2. The Kier molecular flexibility index (Phi) is 7.30. The fraction of sp³-hybridized carbons (Fsp3) is 0.312. The van der Waals surface area contributed by atoms with Gasteiger partial charge in [0.1, 0.15) is 5.75 Å². The Bertz CT molecular complexity index is 828. The monoisotopic (exact) mass is 391 g/mol. The maximum atomic E-state index is 12.7. The summed E-state index contributed by atoms with van der Waals surface area (Å²) in [7, 11) is 1.50. The third kappa shape index (κ3) is 4.83. The summed E-state index contributed by atoms with van der Waals surface area (Å²) >= 11 is 0. The van der Waals surface area contributed by atoms with Crippen LogP contribution in [0.25, 0.3) is 5.32 Å². The Morgan fingerprint density at radius 2 is 2.07 bits per heavy atom. The number of anilines is 1. The number of ether oxygens (including phenoxy) is 3. The first-order valence-electron chi connectivity index (χ1n) is 7.51. The van der Waals surface area contributed by atoms with Crippen LogP contribution >= 0.6 is 0 Å². The smallest absolute Gasteiger partial charge is 0.653 e. The van der Waals surface area contributed by atoms with E-state index < -0.39 is 22.9 Å². The van der Waals surface area contributed by atoms with Gasteiger partial charge in [0.05, 0.1) is 25.7 Å². The van der Waals surface area contributed by atoms with E-state index in [1.807, 2.05) is 0 Å². The molecule has 2 aromatic rings. The molecule has 11 heteroatoms. The molecule has 2 atom stereocenters. The Balaban J connectivity index is 0.00000261. The van der Waals surface area contributed by atoms with E-state index in [4.69, 9.17) is 9.47 Å². The van der Waals surface area contributed by atoms with Crippen molar-refractivity contribution in [3.63, 3.8) is 0 Å². The average Bonchev–Trinajstić information content (AvgIpc) is 3.04. The normalized spacial score (nSPS) is 15.8. The molecule has 1 aliphatic heterocycles. The molecule has 0 fully saturated rings. The van der Waals surface area contributed by atoms with Crippen molar-refractivity contribution in [2.45, 2.75) is 17.9 Å². The number of aromatic nitrogens is 1. The third-order valence-electron chi connectivity index (χ3n) is 3.62. The number of fused-ring (bicyclic) bond motifs is 1. The van der Waals surface area contributed by atoms with Gasteiger partial charge in [0.25, 0.3) is 0 Å². The van der Waals surface area contributed by atoms with Gasteiger partial charge in [-0.25, -0.2) is 0 Å². The number of rotatable bonds is 7. The number of benzene rings is 1. The van der Waals surface area contributed by atoms with E-state index in [1.165, 1.54) is 32.5 Å². The molecule has 2 unspecified atom stereocenters. The fourth-order valence-corrected chi connectivity index (χ4v) is 3.62. The zero-order valence-electron chi connectivity index (χ0n) is 14.9. The van der Waals surface area contributed by atoms with Crippen molar-refractivity contribution in [2.75, 3.05) is 19.5 Å². The van der Waals surface area contributed by atoms with Crippen molar-refractivity contribution in [1.82, 2.24) is 4.98 Å². The number of pyridine rings is 1. The molecule has 2 heterocycles. The fourth-order valence-electron chi connectivity index (χ4n) is 2.50. The van der Waals surface area contributed by atoms with Crippen LogP contribution in [0.3, 0.4) is 0 Å². The van der Waals surface area contributed by atoms with Gasteiger partial charge in [-0.2, -0.15) is 8.78 Å². The average molecular weight is 391 g/mol. The summed E-state index contributed by atoms with van der Waals surface area (Å²) in [6, 6.07) is 5.96. The Labute approximate surface area is 169 Å². The molecule has 0 saturated carbocycles. The predicted molar refractivity (Wildman–Crippen MR) is 92.7 cm³/mol. The standard InChI is InChI=1S/C16H16F2N3O4S.Li/c1-23-13-5-6-19-12(14(13)24-2)8-26(22)16-20-10-4-3-9(25-15(17)18)7-11(10)21-16;/h3-7,15-16,20H,8H2,1-2H3;/q-1;+1. The van der Waals surface area contributed by atoms with E-state index in [9.17, 15) is 13.0 Å². The molecule has 0 saturated heterocycles. The summed E-state index contributed by atoms with van der Waals surface area (Å²) in [4.78, 5) is 4.19. The minimum absolute atomic E-state index is 0. The number of hydrogen-bond acceptors (Lipinski definition) is 6. The van der Waals surface area contributed by atoms with Gasteiger partial charge in [-0.05, 0) is 18.2 Å². The van der Waals surface area contributed by atoms with Crippen LogP contribution in [0.5, 0.6) is 17.2 Å². The van der Waals surface area contributed by atoms with Gasteiger partial charge in [-0.3, -0.25) is 9.19 Å². The molecule has 1 aliphatic rings. The first-order valence-corrected chi connectivity index (χ1v) is 8.89. The maximum Gasteiger partial charge on any atom is 1.00 e. The van der Waals surface area contributed by atoms with Crippen molar-refractivity contribution >= 4 is 22.2 Å². The Hall–Kier alpha value is -2.02. The maximum absolute atomic E-state index is 12.7. The molecule has 1 N–H and O–H groups in total. The molecule has 0 bridgehead atoms. The minimum Gasteiger partial charge on any atom is -0.653 e. The van der Waals surface area contributed by atoms with Crippen LogP contribution in [-0.2, 0) is 16.6 Å². The molecule has 1 aromatic carbocycles. The van der Waals surface area contributed by atoms with Crippen LogP contribution in [0.4, 0.5) is 20.2 Å². The Morgan fingerprint density at radius 1 is 1.30 bits per heavy atom. The van der Waals surface area contributed by atoms with Gasteiger partial charge < -0.3 is 24.8 Å². The molecule has 0 radical (unpaired) electrons. The molecule has 0 amide bonds. The first-order chi connectivity index (χ1) is 12.5. The van der Waals surface area contributed by atoms with E-state index >= 15 is 0 Å². The molecule has 0 spiro atoms. The van der Waals surface area contributed by atoms with E-state index in [0.29, 0.717) is 28.6 Å². The summed E-state index contributed by atoms with van der Waals surface area (Å²) < 4.78 is 52.1. The molecule has 7 nitrogen and oxygen atoms in total. The van der Waals surface area contributed by atoms with Crippen molar-refractivity contribution in [2.24, 2.45) is 0 Å². The van der Waals surface area contributed by atoms with E-state index in [0.717, 1.165) is 0 Å². The van der Waals surface area contributed by atoms with Crippen molar-refractivity contribution in [3.05, 3.63) is 41.5 Å². The van der Waals surface area contributed by atoms with E-state index in [-0.39, 0.29) is 30.4 Å². The molecular formula is C16H16F2LiN3O4S. The number of halogens is 2. The van der Waals surface area contributed by atoms with E-state index in [2.05, 4.69) is 20.4 Å². The molecule has 140 valence electrons. The number of hydrogen-bond donors (Lipinski definition) is 1. The summed E-state index contributed by atoms with van der Waals surface area (Å²) in [5.74, 6) is 0.969. The van der Waals surface area contributed by atoms with Crippen LogP contribution in [0.1, 0.15) is 5.69 Å². The number of nitrogens with one attached hydrogen (secondary N) is 1. The van der Waals surface area contributed by atoms with Crippen molar-refractivity contribution in [1.29, 1.82) is 0 Å². The van der Waals surface area contributed by atoms with Crippen LogP contribution in [0.2, 0.25) is 0 Å². The van der Waals surface area contributed by atoms with Crippen LogP contribution in [0.15, 0.2) is 30.5 Å². The number of alkyl halides is 2. The minimum atomic E-state index is -2.92. The van der Waals surface area contributed by atoms with Gasteiger partial charge in [0.15, 0.2) is 11.5 Å². The summed E-state index contributed by atoms with van der Waals surface area (Å²) in [5.41, 5.74) is 0.743. The van der Waals surface area contributed by atoms with E-state index in [1.54, 1.807) is 12.1 Å². The van der Waals surface area contributed by atoms with Gasteiger partial charge in [0, 0.05) is 34.2 Å². The summed E-state index contributed by atoms with van der Waals surface area (Å²) in [6.07, 6.45) is 1.54. The quantitative estimate of drug-likeness (QED) is 0.687. The first kappa shape index (κ1) is 21.3. The largest absolute Gasteiger partial charge is 1.00 e. The molecule has 1 aromatic heterocycles. The summed E-state index contributed by atoms with van der Waals surface area (Å²) in [5, 5.41) is 7.27. The van der Waals surface area contributed by atoms with Gasteiger partial charge in [-0.1, -0.05) is 0 Å². The zero-order chi connectivity index (χ0) is 18.7. The summed E-state index contributed by atoms with van der Waals surface area (Å²) in [6.45, 7) is -2.92. The molecule has 0 aliphatic carbocycles. The third-order valence-corrected chi connectivity index (χ3v) is 4.90. The van der Waals surface area contributed by atoms with Crippen molar-refractivity contribution < 1.29 is 46.1 Å². The van der Waals surface area contributed by atoms with Crippen LogP contribution < -0.4 is 38.4 Å². The zero-order valence-corrected chi connectivity index (χ0v) is 15.8. The predicted octanol–water partition coefficient (Wildman–Crippen LogP) is 0.367. The second-order valence-corrected chi connectivity index (χ2v) is 6.70. The van der Waals surface area contributed by atoms with Gasteiger partial charge in [-0.15, -0.1) is 5.69 Å². The SMILES string of the molecule is COc1ccnc(CS(=O)C2[N-]c3cc(OC(F)F)ccc3N2)c1OC.[Li+]. The molecular weight excluding hydrogens is 375 g/mol. The van der Waals surface area contributed by atoms with Crippen LogP contribution in [-0.4, -0.2) is 35.5 Å². The molecule has 27 heavy (non-hydrogen) atoms. The van der Waals surface area contributed by atoms with Gasteiger partial charge in [0.2, 0.25) is 0 Å². The topological polar surface area (TPSA) is 83.8 Å². The second kappa shape index (κ2) is 9.26. The second-order valence-electron chi connectivity index (χ2n) is 5.20. The van der Waals surface area contributed by atoms with Gasteiger partial charge >= 0.3 is 25.5 Å². The van der Waals surface area contributed by atoms with Crippen LogP contribution in [0, 0.1) is 0 Å². The van der Waals surface area contributed by atoms with Crippen molar-refractivity contribution in [3.8, 4) is 17.2 Å².